The van der Waals surface area contributed by atoms with E-state index < -0.39 is 17.8 Å². The highest BCUT2D eigenvalue weighted by atomic mass is 35.5. The van der Waals surface area contributed by atoms with E-state index in [2.05, 4.69) is 34.5 Å². The number of benzene rings is 1. The maximum atomic E-state index is 13.9. The van der Waals surface area contributed by atoms with Crippen molar-refractivity contribution in [1.29, 1.82) is 0 Å². The Morgan fingerprint density at radius 2 is 2.00 bits per heavy atom. The number of hydrogen-bond donors (Lipinski definition) is 0. The molecule has 0 radical (unpaired) electrons. The first-order valence-corrected chi connectivity index (χ1v) is 16.3. The third-order valence-corrected chi connectivity index (χ3v) is 11.0. The molecule has 5 heterocycles. The Labute approximate surface area is 266 Å². The number of hydrogen-bond acceptors (Lipinski definition) is 7. The predicted octanol–water partition coefficient (Wildman–Crippen LogP) is 5.43. The summed E-state index contributed by atoms with van der Waals surface area (Å²) < 4.78 is 20.3. The average Bonchev–Trinajstić information content (AvgIpc) is 3.32. The van der Waals surface area contributed by atoms with Gasteiger partial charge < -0.3 is 19.4 Å². The van der Waals surface area contributed by atoms with E-state index in [0.29, 0.717) is 53.2 Å². The number of aromatic nitrogens is 3. The monoisotopic (exact) mass is 627 g/mol. The third kappa shape index (κ3) is 4.83. The lowest BCUT2D eigenvalue weighted by Crippen LogP contribution is -2.56. The van der Waals surface area contributed by atoms with Crippen LogP contribution in [0.1, 0.15) is 49.1 Å². The molecule has 3 aliphatic heterocycles. The smallest absolute Gasteiger partial charge is 0.320 e. The van der Waals surface area contributed by atoms with Crippen LogP contribution >= 0.6 is 11.6 Å². The minimum atomic E-state index is -1.03. The van der Waals surface area contributed by atoms with E-state index in [4.69, 9.17) is 37.9 Å². The predicted molar refractivity (Wildman–Crippen MR) is 170 cm³/mol. The summed E-state index contributed by atoms with van der Waals surface area (Å²) in [7, 11) is 0. The molecule has 9 nitrogen and oxygen atoms in total. The molecule has 2 aliphatic carbocycles. The number of ether oxygens (including phenoxy) is 1. The van der Waals surface area contributed by atoms with Crippen LogP contribution in [0.3, 0.4) is 0 Å². The normalized spacial score (nSPS) is 24.7. The first kappa shape index (κ1) is 28.6. The van der Waals surface area contributed by atoms with E-state index in [9.17, 15) is 9.18 Å². The van der Waals surface area contributed by atoms with Crippen LogP contribution in [0, 0.1) is 12.5 Å². The van der Waals surface area contributed by atoms with Gasteiger partial charge in [-0.3, -0.25) is 9.69 Å². The second-order valence-electron chi connectivity index (χ2n) is 13.3. The van der Waals surface area contributed by atoms with Crippen molar-refractivity contribution in [3.05, 3.63) is 64.2 Å². The molecule has 45 heavy (non-hydrogen) atoms. The Kier molecular flexibility index (Phi) is 6.95. The van der Waals surface area contributed by atoms with Crippen molar-refractivity contribution in [2.45, 2.75) is 56.0 Å². The van der Waals surface area contributed by atoms with Crippen LogP contribution in [0.2, 0.25) is 5.02 Å². The highest BCUT2D eigenvalue weighted by molar-refractivity contribution is 6.34. The van der Waals surface area contributed by atoms with Gasteiger partial charge in [-0.2, -0.15) is 9.97 Å². The molecule has 8 rings (SSSR count). The van der Waals surface area contributed by atoms with Gasteiger partial charge in [-0.1, -0.05) is 36.4 Å². The molecule has 4 fully saturated rings. The van der Waals surface area contributed by atoms with E-state index in [1.165, 1.54) is 22.4 Å². The molecule has 1 saturated carbocycles. The van der Waals surface area contributed by atoms with Crippen molar-refractivity contribution in [2.24, 2.45) is 5.92 Å². The van der Waals surface area contributed by atoms with E-state index in [1.807, 2.05) is 11.0 Å². The number of carbonyl (C=O) groups excluding carboxylic acids is 1. The van der Waals surface area contributed by atoms with Crippen molar-refractivity contribution >= 4 is 34.4 Å². The lowest BCUT2D eigenvalue weighted by Gasteiger charge is -2.39. The molecular formula is C34H35ClFN7O2. The molecule has 1 amide bonds. The second-order valence-corrected chi connectivity index (χ2v) is 13.7. The van der Waals surface area contributed by atoms with Crippen LogP contribution in [0.5, 0.6) is 6.01 Å². The molecule has 0 bridgehead atoms. The number of anilines is 1. The molecule has 3 saturated heterocycles. The van der Waals surface area contributed by atoms with Crippen LogP contribution in [-0.2, 0) is 11.2 Å². The Bertz CT molecular complexity index is 1770. The third-order valence-electron chi connectivity index (χ3n) is 10.7. The molecule has 0 N–H and O–H groups in total. The Morgan fingerprint density at radius 3 is 2.78 bits per heavy atom. The molecule has 0 spiro atoms. The number of amides is 1. The van der Waals surface area contributed by atoms with Gasteiger partial charge in [0.2, 0.25) is 6.54 Å². The van der Waals surface area contributed by atoms with Gasteiger partial charge in [-0.25, -0.2) is 15.9 Å². The fraction of sp³-hybridized carbons (Fsp3) is 0.500. The minimum absolute atomic E-state index is 0.0178. The lowest BCUT2D eigenvalue weighted by molar-refractivity contribution is -0.131. The van der Waals surface area contributed by atoms with Gasteiger partial charge >= 0.3 is 6.01 Å². The van der Waals surface area contributed by atoms with E-state index >= 15 is 0 Å². The van der Waals surface area contributed by atoms with Gasteiger partial charge in [0, 0.05) is 25.2 Å². The SMILES string of the molecule is [C-]#[N+]C[C@H]1CN(c2nc(OCC34CCCN3CCC4)nc3nc(-c4cccc5c4C4CC4C5)c(Cl)cc23)CCN1C(=O)C(=C)F. The second kappa shape index (κ2) is 10.9. The molecule has 2 unspecified atom stereocenters. The molecule has 5 aliphatic rings. The minimum Gasteiger partial charge on any atom is -0.461 e. The average molecular weight is 628 g/mol. The Hall–Kier alpha value is -3.81. The van der Waals surface area contributed by atoms with Gasteiger partial charge in [-0.15, -0.1) is 0 Å². The molecule has 3 aromatic rings. The van der Waals surface area contributed by atoms with E-state index in [-0.39, 0.29) is 24.6 Å². The summed E-state index contributed by atoms with van der Waals surface area (Å²) >= 11 is 7.02. The number of pyridine rings is 1. The van der Waals surface area contributed by atoms with Crippen LogP contribution in [0.15, 0.2) is 36.7 Å². The van der Waals surface area contributed by atoms with Gasteiger partial charge in [0.15, 0.2) is 11.5 Å². The molecule has 1 aromatic carbocycles. The van der Waals surface area contributed by atoms with Crippen molar-refractivity contribution in [2.75, 3.05) is 50.8 Å². The van der Waals surface area contributed by atoms with Crippen molar-refractivity contribution in [1.82, 2.24) is 24.8 Å². The van der Waals surface area contributed by atoms with E-state index in [0.717, 1.165) is 56.7 Å². The zero-order valence-corrected chi connectivity index (χ0v) is 25.9. The summed E-state index contributed by atoms with van der Waals surface area (Å²) in [5, 5.41) is 1.19. The summed E-state index contributed by atoms with van der Waals surface area (Å²) in [6.45, 7) is 14.3. The van der Waals surface area contributed by atoms with Gasteiger partial charge in [0.25, 0.3) is 5.91 Å². The summed E-state index contributed by atoms with van der Waals surface area (Å²) in [6.07, 6.45) is 6.85. The van der Waals surface area contributed by atoms with E-state index in [1.54, 1.807) is 0 Å². The zero-order chi connectivity index (χ0) is 30.9. The summed E-state index contributed by atoms with van der Waals surface area (Å²) in [5.41, 5.74) is 5.02. The molecule has 11 heteroatoms. The van der Waals surface area contributed by atoms with Gasteiger partial charge in [0.05, 0.1) is 21.6 Å². The fourth-order valence-corrected chi connectivity index (χ4v) is 8.68. The number of halogens is 2. The van der Waals surface area contributed by atoms with Crippen molar-refractivity contribution < 1.29 is 13.9 Å². The highest BCUT2D eigenvalue weighted by Crippen LogP contribution is 2.59. The molecular weight excluding hydrogens is 593 g/mol. The fourth-order valence-electron chi connectivity index (χ4n) is 8.43. The number of rotatable bonds is 7. The zero-order valence-electron chi connectivity index (χ0n) is 25.1. The van der Waals surface area contributed by atoms with Crippen molar-refractivity contribution in [3.8, 4) is 17.3 Å². The van der Waals surface area contributed by atoms with Gasteiger partial charge in [0.1, 0.15) is 18.5 Å². The summed E-state index contributed by atoms with van der Waals surface area (Å²) in [5.74, 6) is 0.0814. The number of carbonyl (C=O) groups is 1. The standard InChI is InChI=1S/C34H35ClFN7O2/c1-20(36)32(44)43-13-12-41(18-23(43)17-37-2)31-26-16-27(35)29(24-7-3-6-21-14-22-15-25(22)28(21)24)38-30(26)39-33(40-31)45-19-34-8-4-10-42(34)11-5-9-34/h3,6-7,16,22-23,25H,1,4-5,8-15,17-19H2/t22?,23-,25?/m0/s1. The highest BCUT2D eigenvalue weighted by Gasteiger charge is 2.47. The van der Waals surface area contributed by atoms with Gasteiger partial charge in [-0.05, 0) is 80.6 Å². The first-order chi connectivity index (χ1) is 21.8. The Morgan fingerprint density at radius 1 is 1.18 bits per heavy atom. The number of fused-ring (bicyclic) bond motifs is 5. The number of piperazine rings is 1. The molecule has 2 aromatic heterocycles. The van der Waals surface area contributed by atoms with Crippen molar-refractivity contribution in [3.63, 3.8) is 0 Å². The summed E-state index contributed by atoms with van der Waals surface area (Å²) in [4.78, 5) is 36.9. The summed E-state index contributed by atoms with van der Waals surface area (Å²) in [6, 6.07) is 8.01. The molecule has 232 valence electrons. The maximum Gasteiger partial charge on any atom is 0.320 e. The Balaban J connectivity index is 1.20. The quantitative estimate of drug-likeness (QED) is 0.255. The lowest BCUT2D eigenvalue weighted by atomic mass is 9.95. The topological polar surface area (TPSA) is 79.1 Å². The first-order valence-electron chi connectivity index (χ1n) is 16.0. The van der Waals surface area contributed by atoms with Crippen LogP contribution in [-0.4, -0.2) is 88.1 Å². The van der Waals surface area contributed by atoms with Crippen LogP contribution < -0.4 is 9.64 Å². The maximum absolute atomic E-state index is 13.9. The number of nitrogens with zero attached hydrogens (tertiary/aromatic N) is 7. The largest absolute Gasteiger partial charge is 0.461 e. The molecule has 3 atom stereocenters. The van der Waals surface area contributed by atoms with Crippen LogP contribution in [0.25, 0.3) is 27.1 Å². The van der Waals surface area contributed by atoms with Crippen LogP contribution in [0.4, 0.5) is 10.2 Å².